The monoisotopic (exact) mass is 306 g/mol. The van der Waals surface area contributed by atoms with Crippen molar-refractivity contribution < 1.29 is 4.79 Å². The van der Waals surface area contributed by atoms with Gasteiger partial charge in [0.2, 0.25) is 0 Å². The van der Waals surface area contributed by atoms with Crippen molar-refractivity contribution in [3.63, 3.8) is 0 Å². The summed E-state index contributed by atoms with van der Waals surface area (Å²) in [5, 5.41) is 2.84. The second kappa shape index (κ2) is 8.19. The molecule has 5 nitrogen and oxygen atoms in total. The number of halogens is 2. The zero-order valence-corrected chi connectivity index (χ0v) is 12.5. The lowest BCUT2D eigenvalue weighted by Crippen LogP contribution is -2.34. The molecule has 0 aromatic carbocycles. The van der Waals surface area contributed by atoms with E-state index >= 15 is 0 Å². The van der Waals surface area contributed by atoms with E-state index in [9.17, 15) is 4.79 Å². The van der Waals surface area contributed by atoms with Crippen molar-refractivity contribution in [2.24, 2.45) is 0 Å². The van der Waals surface area contributed by atoms with E-state index in [1.807, 2.05) is 0 Å². The first-order valence-electron chi connectivity index (χ1n) is 5.88. The second-order valence-electron chi connectivity index (χ2n) is 4.42. The Morgan fingerprint density at radius 3 is 2.74 bits per heavy atom. The molecule has 2 rings (SSSR count). The molecule has 0 atom stereocenters. The third-order valence-corrected chi connectivity index (χ3v) is 2.92. The van der Waals surface area contributed by atoms with E-state index in [0.717, 1.165) is 12.6 Å². The maximum absolute atomic E-state index is 11.7. The smallest absolute Gasteiger partial charge is 0.270 e. The number of hydrogen-bond donors (Lipinski definition) is 2. The van der Waals surface area contributed by atoms with Crippen molar-refractivity contribution >= 4 is 36.5 Å². The Morgan fingerprint density at radius 2 is 2.16 bits per heavy atom. The summed E-state index contributed by atoms with van der Waals surface area (Å²) in [6, 6.07) is 5.78. The summed E-state index contributed by atoms with van der Waals surface area (Å²) in [6.07, 6.45) is 2.56. The minimum atomic E-state index is -0.165. The Bertz CT molecular complexity index is 412. The summed E-state index contributed by atoms with van der Waals surface area (Å²) in [4.78, 5) is 18.0. The molecule has 1 aromatic heterocycles. The van der Waals surface area contributed by atoms with Gasteiger partial charge in [0, 0.05) is 19.1 Å². The van der Waals surface area contributed by atoms with Crippen LogP contribution < -0.4 is 11.1 Å². The van der Waals surface area contributed by atoms with Gasteiger partial charge < -0.3 is 16.0 Å². The molecule has 0 saturated heterocycles. The van der Waals surface area contributed by atoms with Gasteiger partial charge in [-0.15, -0.1) is 24.8 Å². The van der Waals surface area contributed by atoms with Crippen molar-refractivity contribution in [1.82, 2.24) is 15.2 Å². The lowest BCUT2D eigenvalue weighted by molar-refractivity contribution is 0.0944. The number of carbonyl (C=O) groups is 1. The average molecular weight is 307 g/mol. The minimum Gasteiger partial charge on any atom is -0.384 e. The zero-order chi connectivity index (χ0) is 12.3. The van der Waals surface area contributed by atoms with Crippen LogP contribution in [0.25, 0.3) is 0 Å². The van der Waals surface area contributed by atoms with Gasteiger partial charge in [-0.2, -0.15) is 0 Å². The maximum atomic E-state index is 11.7. The predicted molar refractivity (Wildman–Crippen MR) is 81.1 cm³/mol. The first kappa shape index (κ1) is 18.0. The summed E-state index contributed by atoms with van der Waals surface area (Å²) in [5.74, 6) is 0.203. The molecule has 1 aliphatic carbocycles. The summed E-state index contributed by atoms with van der Waals surface area (Å²) in [7, 11) is 2.09. The highest BCUT2D eigenvalue weighted by atomic mass is 35.5. The highest BCUT2D eigenvalue weighted by molar-refractivity contribution is 5.92. The van der Waals surface area contributed by atoms with Gasteiger partial charge in [0.05, 0.1) is 0 Å². The van der Waals surface area contributed by atoms with Gasteiger partial charge >= 0.3 is 0 Å². The number of nitrogens with one attached hydrogen (secondary N) is 1. The number of nitrogens with zero attached hydrogens (tertiary/aromatic N) is 2. The normalized spacial score (nSPS) is 13.4. The Labute approximate surface area is 125 Å². The number of hydrogen-bond acceptors (Lipinski definition) is 4. The van der Waals surface area contributed by atoms with Crippen molar-refractivity contribution in [2.75, 3.05) is 25.9 Å². The number of rotatable bonds is 5. The Morgan fingerprint density at radius 1 is 1.47 bits per heavy atom. The summed E-state index contributed by atoms with van der Waals surface area (Å²) in [6.45, 7) is 1.51. The molecular formula is C12H20Cl2N4O. The largest absolute Gasteiger partial charge is 0.384 e. The third-order valence-electron chi connectivity index (χ3n) is 2.92. The molecule has 108 valence electrons. The molecule has 0 spiro atoms. The van der Waals surface area contributed by atoms with Crippen LogP contribution in [-0.4, -0.2) is 42.0 Å². The van der Waals surface area contributed by atoms with Gasteiger partial charge in [-0.3, -0.25) is 4.79 Å². The zero-order valence-electron chi connectivity index (χ0n) is 10.8. The number of pyridine rings is 1. The van der Waals surface area contributed by atoms with Crippen LogP contribution in [0.5, 0.6) is 0 Å². The van der Waals surface area contributed by atoms with Crippen molar-refractivity contribution in [3.8, 4) is 0 Å². The molecular weight excluding hydrogens is 287 g/mol. The Balaban J connectivity index is 0.00000162. The van der Waals surface area contributed by atoms with Gasteiger partial charge in [0.15, 0.2) is 0 Å². The quantitative estimate of drug-likeness (QED) is 0.861. The highest BCUT2D eigenvalue weighted by Crippen LogP contribution is 2.24. The number of nitrogens with two attached hydrogens (primary N) is 1. The second-order valence-corrected chi connectivity index (χ2v) is 4.42. The van der Waals surface area contributed by atoms with Crippen LogP contribution in [0.3, 0.4) is 0 Å². The first-order chi connectivity index (χ1) is 8.16. The summed E-state index contributed by atoms with van der Waals surface area (Å²) in [5.41, 5.74) is 5.90. The molecule has 1 aromatic rings. The number of likely N-dealkylation sites (N-methyl/N-ethyl adjacent to an activating group) is 1. The molecule has 0 radical (unpaired) electrons. The average Bonchev–Trinajstić information content (AvgIpc) is 3.12. The van der Waals surface area contributed by atoms with Gasteiger partial charge in [0.25, 0.3) is 5.91 Å². The molecule has 3 N–H and O–H groups in total. The Kier molecular flexibility index (Phi) is 7.75. The fourth-order valence-corrected chi connectivity index (χ4v) is 1.71. The minimum absolute atomic E-state index is 0. The summed E-state index contributed by atoms with van der Waals surface area (Å²) < 4.78 is 0. The van der Waals surface area contributed by atoms with Crippen LogP contribution in [0.15, 0.2) is 18.2 Å². The topological polar surface area (TPSA) is 71.2 Å². The first-order valence-corrected chi connectivity index (χ1v) is 5.88. The third kappa shape index (κ3) is 5.63. The van der Waals surface area contributed by atoms with Crippen molar-refractivity contribution in [1.29, 1.82) is 0 Å². The van der Waals surface area contributed by atoms with Crippen molar-refractivity contribution in [2.45, 2.75) is 18.9 Å². The van der Waals surface area contributed by atoms with Crippen LogP contribution in [0.4, 0.5) is 5.82 Å². The highest BCUT2D eigenvalue weighted by Gasteiger charge is 2.25. The van der Waals surface area contributed by atoms with Gasteiger partial charge in [-0.05, 0) is 32.0 Å². The molecule has 0 unspecified atom stereocenters. The van der Waals surface area contributed by atoms with Crippen LogP contribution in [0.2, 0.25) is 0 Å². The van der Waals surface area contributed by atoms with Crippen molar-refractivity contribution in [3.05, 3.63) is 23.9 Å². The lowest BCUT2D eigenvalue weighted by Gasteiger charge is -2.15. The molecule has 0 aliphatic heterocycles. The molecule has 1 aliphatic rings. The van der Waals surface area contributed by atoms with Gasteiger partial charge in [-0.25, -0.2) is 4.98 Å². The van der Waals surface area contributed by atoms with Crippen LogP contribution in [0, 0.1) is 0 Å². The maximum Gasteiger partial charge on any atom is 0.270 e. The molecule has 1 saturated carbocycles. The van der Waals surface area contributed by atoms with Gasteiger partial charge in [-0.1, -0.05) is 6.07 Å². The lowest BCUT2D eigenvalue weighted by atomic mass is 10.3. The van der Waals surface area contributed by atoms with E-state index in [1.165, 1.54) is 12.8 Å². The van der Waals surface area contributed by atoms with E-state index in [2.05, 4.69) is 22.2 Å². The predicted octanol–water partition coefficient (Wildman–Crippen LogP) is 1.33. The van der Waals surface area contributed by atoms with E-state index in [-0.39, 0.29) is 30.7 Å². The molecule has 1 fully saturated rings. The van der Waals surface area contributed by atoms with E-state index in [0.29, 0.717) is 18.1 Å². The number of amides is 1. The van der Waals surface area contributed by atoms with Crippen LogP contribution in [0.1, 0.15) is 23.3 Å². The number of aromatic nitrogens is 1. The molecule has 1 amide bonds. The molecule has 0 bridgehead atoms. The van der Waals surface area contributed by atoms with E-state index in [4.69, 9.17) is 5.73 Å². The van der Waals surface area contributed by atoms with E-state index in [1.54, 1.807) is 18.2 Å². The number of nitrogen functional groups attached to an aromatic ring is 1. The van der Waals surface area contributed by atoms with Gasteiger partial charge in [0.1, 0.15) is 11.5 Å². The molecule has 19 heavy (non-hydrogen) atoms. The fourth-order valence-electron chi connectivity index (χ4n) is 1.71. The fraction of sp³-hybridized carbons (Fsp3) is 0.500. The SMILES string of the molecule is CN(CCNC(=O)c1cccc(N)n1)C1CC1.Cl.Cl. The number of anilines is 1. The van der Waals surface area contributed by atoms with Crippen LogP contribution in [-0.2, 0) is 0 Å². The molecule has 1 heterocycles. The van der Waals surface area contributed by atoms with E-state index < -0.39 is 0 Å². The number of carbonyl (C=O) groups excluding carboxylic acids is 1. The standard InChI is InChI=1S/C12H18N4O.2ClH/c1-16(9-5-6-9)8-7-14-12(17)10-3-2-4-11(13)15-10;;/h2-4,9H,5-8H2,1H3,(H2,13,15)(H,14,17);2*1H. The Hall–Kier alpha value is -1.04. The summed E-state index contributed by atoms with van der Waals surface area (Å²) >= 11 is 0. The molecule has 7 heteroatoms. The van der Waals surface area contributed by atoms with Crippen LogP contribution >= 0.6 is 24.8 Å².